The van der Waals surface area contributed by atoms with Gasteiger partial charge in [0.15, 0.2) is 8.32 Å². The van der Waals surface area contributed by atoms with Crippen LogP contribution in [0.25, 0.3) is 0 Å². The minimum atomic E-state index is -4.95. The molecule has 0 radical (unpaired) electrons. The van der Waals surface area contributed by atoms with Gasteiger partial charge in [-0.3, -0.25) is 4.79 Å². The van der Waals surface area contributed by atoms with Crippen molar-refractivity contribution in [2.75, 3.05) is 6.54 Å². The molecular weight excluding hydrogens is 358 g/mol. The molecule has 1 atom stereocenters. The number of nitrogens with one attached hydrogen (secondary N) is 1. The highest BCUT2D eigenvalue weighted by Crippen LogP contribution is 2.34. The molecule has 1 aromatic rings. The third-order valence-electron chi connectivity index (χ3n) is 2.52. The molecule has 0 unspecified atom stereocenters. The Bertz CT molecular complexity index is 527. The first-order valence-corrected chi connectivity index (χ1v) is 10.5. The molecular formula is C13H16Cl2F3NO2Si. The van der Waals surface area contributed by atoms with E-state index < -0.39 is 26.5 Å². The van der Waals surface area contributed by atoms with Gasteiger partial charge in [0.2, 0.25) is 0 Å². The van der Waals surface area contributed by atoms with Crippen LogP contribution in [0.4, 0.5) is 13.2 Å². The largest absolute Gasteiger partial charge is 0.471 e. The Morgan fingerprint density at radius 1 is 1.27 bits per heavy atom. The summed E-state index contributed by atoms with van der Waals surface area (Å²) in [5, 5.41) is 2.36. The lowest BCUT2D eigenvalue weighted by Gasteiger charge is -2.28. The molecule has 3 nitrogen and oxygen atoms in total. The van der Waals surface area contributed by atoms with Gasteiger partial charge in [-0.25, -0.2) is 0 Å². The summed E-state index contributed by atoms with van der Waals surface area (Å²) in [5.74, 6) is -2.03. The van der Waals surface area contributed by atoms with Crippen LogP contribution in [0, 0.1) is 0 Å². The van der Waals surface area contributed by atoms with Crippen molar-refractivity contribution in [3.05, 3.63) is 33.8 Å². The molecule has 124 valence electrons. The summed E-state index contributed by atoms with van der Waals surface area (Å²) in [6, 6.07) is 4.75. The third-order valence-corrected chi connectivity index (χ3v) is 4.17. The zero-order valence-corrected chi connectivity index (χ0v) is 14.7. The van der Waals surface area contributed by atoms with Crippen LogP contribution in [-0.4, -0.2) is 26.9 Å². The predicted octanol–water partition coefficient (Wildman–Crippen LogP) is 4.56. The zero-order chi connectivity index (χ0) is 17.1. The molecule has 9 heteroatoms. The SMILES string of the molecule is C[Si](C)(C)O[C@H](CNC(=O)C(F)(F)F)c1c(Cl)cccc1Cl. The second-order valence-electron chi connectivity index (χ2n) is 5.56. The van der Waals surface area contributed by atoms with Crippen molar-refractivity contribution < 1.29 is 22.4 Å². The van der Waals surface area contributed by atoms with E-state index >= 15 is 0 Å². The lowest BCUT2D eigenvalue weighted by atomic mass is 10.1. The van der Waals surface area contributed by atoms with E-state index in [1.165, 1.54) is 0 Å². The monoisotopic (exact) mass is 373 g/mol. The van der Waals surface area contributed by atoms with E-state index in [1.807, 2.05) is 25.0 Å². The maximum atomic E-state index is 12.3. The Kier molecular flexibility index (Phi) is 6.32. The third kappa shape index (κ3) is 5.79. The van der Waals surface area contributed by atoms with Gasteiger partial charge < -0.3 is 9.74 Å². The molecule has 0 aliphatic carbocycles. The molecule has 0 fully saturated rings. The van der Waals surface area contributed by atoms with Crippen LogP contribution >= 0.6 is 23.2 Å². The first kappa shape index (κ1) is 19.3. The van der Waals surface area contributed by atoms with E-state index in [1.54, 1.807) is 18.2 Å². The number of carbonyl (C=O) groups is 1. The van der Waals surface area contributed by atoms with Gasteiger partial charge in [-0.15, -0.1) is 0 Å². The smallest absolute Gasteiger partial charge is 0.409 e. The van der Waals surface area contributed by atoms with Gasteiger partial charge in [0.1, 0.15) is 0 Å². The lowest BCUT2D eigenvalue weighted by molar-refractivity contribution is -0.173. The van der Waals surface area contributed by atoms with E-state index in [-0.39, 0.29) is 16.6 Å². The van der Waals surface area contributed by atoms with Crippen molar-refractivity contribution in [3.63, 3.8) is 0 Å². The standard InChI is InChI=1S/C13H16Cl2F3NO2Si/c1-22(2,3)21-10(7-19-12(20)13(16,17)18)11-8(14)5-4-6-9(11)15/h4-6,10H,7H2,1-3H3,(H,19,20)/t10-/m1/s1. The van der Waals surface area contributed by atoms with Crippen molar-refractivity contribution in [2.24, 2.45) is 0 Å². The summed E-state index contributed by atoms with van der Waals surface area (Å²) < 4.78 is 42.7. The summed E-state index contributed by atoms with van der Waals surface area (Å²) >= 11 is 12.1. The second kappa shape index (κ2) is 7.21. The van der Waals surface area contributed by atoms with Gasteiger partial charge in [-0.2, -0.15) is 13.2 Å². The van der Waals surface area contributed by atoms with Crippen LogP contribution in [0.5, 0.6) is 0 Å². The van der Waals surface area contributed by atoms with Crippen LogP contribution in [0.3, 0.4) is 0 Å². The fraction of sp³-hybridized carbons (Fsp3) is 0.462. The van der Waals surface area contributed by atoms with Crippen LogP contribution in [0.1, 0.15) is 11.7 Å². The van der Waals surface area contributed by atoms with Crippen LogP contribution in [-0.2, 0) is 9.22 Å². The van der Waals surface area contributed by atoms with Crippen molar-refractivity contribution >= 4 is 37.4 Å². The topological polar surface area (TPSA) is 38.3 Å². The molecule has 1 rings (SSSR count). The van der Waals surface area contributed by atoms with Gasteiger partial charge in [-0.1, -0.05) is 29.3 Å². The maximum Gasteiger partial charge on any atom is 0.471 e. The van der Waals surface area contributed by atoms with Crippen molar-refractivity contribution in [3.8, 4) is 0 Å². The molecule has 0 aliphatic heterocycles. The summed E-state index contributed by atoms with van der Waals surface area (Å²) in [7, 11) is -2.12. The number of halogens is 5. The highest BCUT2D eigenvalue weighted by Gasteiger charge is 2.39. The second-order valence-corrected chi connectivity index (χ2v) is 10.8. The van der Waals surface area contributed by atoms with Crippen molar-refractivity contribution in [1.82, 2.24) is 5.32 Å². The number of hydrogen-bond acceptors (Lipinski definition) is 2. The Balaban J connectivity index is 3.02. The van der Waals surface area contributed by atoms with E-state index in [0.717, 1.165) is 0 Å². The molecule has 0 saturated carbocycles. The summed E-state index contributed by atoms with van der Waals surface area (Å²) in [6.45, 7) is 5.25. The predicted molar refractivity (Wildman–Crippen MR) is 82.7 cm³/mol. The highest BCUT2D eigenvalue weighted by molar-refractivity contribution is 6.69. The average molecular weight is 374 g/mol. The van der Waals surface area contributed by atoms with E-state index in [0.29, 0.717) is 5.56 Å². The molecule has 1 amide bonds. The number of hydrogen-bond donors (Lipinski definition) is 1. The average Bonchev–Trinajstić information content (AvgIpc) is 2.32. The van der Waals surface area contributed by atoms with Gasteiger partial charge in [0.05, 0.1) is 6.10 Å². The molecule has 0 aliphatic rings. The Morgan fingerprint density at radius 2 is 1.77 bits per heavy atom. The minimum Gasteiger partial charge on any atom is -0.409 e. The van der Waals surface area contributed by atoms with Crippen LogP contribution in [0.15, 0.2) is 18.2 Å². The highest BCUT2D eigenvalue weighted by atomic mass is 35.5. The van der Waals surface area contributed by atoms with Gasteiger partial charge in [0, 0.05) is 22.2 Å². The number of carbonyl (C=O) groups excluding carboxylic acids is 1. The van der Waals surface area contributed by atoms with Gasteiger partial charge in [-0.05, 0) is 31.8 Å². The zero-order valence-electron chi connectivity index (χ0n) is 12.2. The summed E-state index contributed by atoms with van der Waals surface area (Å²) in [4.78, 5) is 11.0. The Hall–Kier alpha value is -0.763. The Labute approximate surface area is 137 Å². The minimum absolute atomic E-state index is 0.275. The molecule has 0 bridgehead atoms. The molecule has 22 heavy (non-hydrogen) atoms. The van der Waals surface area contributed by atoms with Crippen molar-refractivity contribution in [1.29, 1.82) is 0 Å². The lowest BCUT2D eigenvalue weighted by Crippen LogP contribution is -2.41. The first-order valence-electron chi connectivity index (χ1n) is 6.38. The van der Waals surface area contributed by atoms with E-state index in [2.05, 4.69) is 0 Å². The van der Waals surface area contributed by atoms with Gasteiger partial charge >= 0.3 is 12.1 Å². The molecule has 0 aromatic heterocycles. The van der Waals surface area contributed by atoms with Crippen LogP contribution < -0.4 is 5.32 Å². The molecule has 0 saturated heterocycles. The molecule has 1 aromatic carbocycles. The summed E-state index contributed by atoms with van der Waals surface area (Å²) in [5.41, 5.74) is 0.371. The number of benzene rings is 1. The van der Waals surface area contributed by atoms with Gasteiger partial charge in [0.25, 0.3) is 0 Å². The fourth-order valence-corrected chi connectivity index (χ4v) is 3.43. The molecule has 1 N–H and O–H groups in total. The quantitative estimate of drug-likeness (QED) is 0.767. The van der Waals surface area contributed by atoms with E-state index in [4.69, 9.17) is 27.6 Å². The van der Waals surface area contributed by atoms with Crippen LogP contribution in [0.2, 0.25) is 29.7 Å². The normalized spacial score (nSPS) is 13.8. The molecule has 0 spiro atoms. The van der Waals surface area contributed by atoms with E-state index in [9.17, 15) is 18.0 Å². The fourth-order valence-electron chi connectivity index (χ4n) is 1.73. The number of amides is 1. The van der Waals surface area contributed by atoms with Crippen molar-refractivity contribution in [2.45, 2.75) is 31.9 Å². The number of alkyl halides is 3. The summed E-state index contributed by atoms with van der Waals surface area (Å²) in [6.07, 6.45) is -5.80. The first-order chi connectivity index (χ1) is 9.92. The maximum absolute atomic E-state index is 12.3. The number of rotatable bonds is 5. The Morgan fingerprint density at radius 3 is 2.18 bits per heavy atom. The molecule has 0 heterocycles.